The second kappa shape index (κ2) is 7.71. The van der Waals surface area contributed by atoms with Gasteiger partial charge in [0.25, 0.3) is 0 Å². The maximum atomic E-state index is 4.70. The van der Waals surface area contributed by atoms with E-state index < -0.39 is 0 Å². The minimum absolute atomic E-state index is 0.562. The van der Waals surface area contributed by atoms with E-state index in [0.717, 1.165) is 31.3 Å². The number of hydrogen-bond donors (Lipinski definition) is 1. The maximum absolute atomic E-state index is 4.70. The van der Waals surface area contributed by atoms with Crippen molar-refractivity contribution in [3.63, 3.8) is 0 Å². The predicted molar refractivity (Wildman–Crippen MR) is 87.7 cm³/mol. The second-order valence-electron chi connectivity index (χ2n) is 5.84. The molecule has 1 fully saturated rings. The molecule has 0 atom stereocenters. The van der Waals surface area contributed by atoms with Crippen molar-refractivity contribution >= 4 is 5.95 Å². The first-order valence-corrected chi connectivity index (χ1v) is 8.14. The van der Waals surface area contributed by atoms with E-state index in [1.165, 1.54) is 31.5 Å². The van der Waals surface area contributed by atoms with Crippen molar-refractivity contribution in [2.45, 2.75) is 46.2 Å². The molecule has 0 radical (unpaired) electrons. The molecular formula is C16H29N5. The first-order valence-electron chi connectivity index (χ1n) is 8.14. The van der Waals surface area contributed by atoms with Gasteiger partial charge in [0.2, 0.25) is 5.95 Å². The lowest BCUT2D eigenvalue weighted by molar-refractivity contribution is 0.220. The highest BCUT2D eigenvalue weighted by Gasteiger charge is 2.23. The van der Waals surface area contributed by atoms with Gasteiger partial charge in [0.05, 0.1) is 0 Å². The zero-order valence-electron chi connectivity index (χ0n) is 13.9. The van der Waals surface area contributed by atoms with Crippen LogP contribution in [-0.2, 0) is 6.54 Å². The van der Waals surface area contributed by atoms with E-state index in [1.54, 1.807) is 0 Å². The third-order valence-electron chi connectivity index (χ3n) is 4.50. The number of likely N-dealkylation sites (tertiary alicyclic amines) is 1. The highest BCUT2D eigenvalue weighted by atomic mass is 15.3. The van der Waals surface area contributed by atoms with Gasteiger partial charge in [-0.15, -0.1) is 0 Å². The van der Waals surface area contributed by atoms with Gasteiger partial charge < -0.3 is 15.1 Å². The molecule has 0 aromatic carbocycles. The molecule has 0 unspecified atom stereocenters. The lowest BCUT2D eigenvalue weighted by atomic mass is 10.0. The van der Waals surface area contributed by atoms with Crippen LogP contribution < -0.4 is 10.2 Å². The Morgan fingerprint density at radius 1 is 1.33 bits per heavy atom. The highest BCUT2D eigenvalue weighted by Crippen LogP contribution is 2.19. The number of aromatic nitrogens is 2. The van der Waals surface area contributed by atoms with E-state index in [2.05, 4.69) is 47.9 Å². The number of anilines is 1. The molecule has 1 saturated heterocycles. The SMILES string of the molecule is CCNCc1cnc(N(C)C2CCN(CC)CC2)nc1C. The van der Waals surface area contributed by atoms with Gasteiger partial charge in [-0.1, -0.05) is 13.8 Å². The number of hydrogen-bond acceptors (Lipinski definition) is 5. The number of aryl methyl sites for hydroxylation is 1. The van der Waals surface area contributed by atoms with E-state index in [4.69, 9.17) is 4.98 Å². The predicted octanol–water partition coefficient (Wildman–Crippen LogP) is 1.82. The Morgan fingerprint density at radius 3 is 2.62 bits per heavy atom. The van der Waals surface area contributed by atoms with Crippen molar-refractivity contribution < 1.29 is 0 Å². The van der Waals surface area contributed by atoms with Crippen LogP contribution in [0.15, 0.2) is 6.20 Å². The topological polar surface area (TPSA) is 44.3 Å². The van der Waals surface area contributed by atoms with Gasteiger partial charge in [-0.05, 0) is 32.9 Å². The normalized spacial score (nSPS) is 17.1. The van der Waals surface area contributed by atoms with Gasteiger partial charge in [-0.3, -0.25) is 0 Å². The molecule has 2 heterocycles. The van der Waals surface area contributed by atoms with Crippen LogP contribution in [0.25, 0.3) is 0 Å². The van der Waals surface area contributed by atoms with Crippen LogP contribution in [-0.4, -0.2) is 54.1 Å². The molecular weight excluding hydrogens is 262 g/mol. The smallest absolute Gasteiger partial charge is 0.225 e. The van der Waals surface area contributed by atoms with Crippen molar-refractivity contribution in [1.29, 1.82) is 0 Å². The van der Waals surface area contributed by atoms with Gasteiger partial charge in [0.1, 0.15) is 0 Å². The van der Waals surface area contributed by atoms with Crippen molar-refractivity contribution in [1.82, 2.24) is 20.2 Å². The van der Waals surface area contributed by atoms with Crippen LogP contribution in [0.1, 0.15) is 37.9 Å². The summed E-state index contributed by atoms with van der Waals surface area (Å²) in [4.78, 5) is 14.0. The average molecular weight is 291 g/mol. The Labute approximate surface area is 128 Å². The summed E-state index contributed by atoms with van der Waals surface area (Å²) in [5.41, 5.74) is 2.27. The van der Waals surface area contributed by atoms with E-state index in [0.29, 0.717) is 6.04 Å². The lowest BCUT2D eigenvalue weighted by Crippen LogP contribution is -2.43. The molecule has 118 valence electrons. The minimum atomic E-state index is 0.562. The van der Waals surface area contributed by atoms with Crippen molar-refractivity contribution in [2.24, 2.45) is 0 Å². The third-order valence-corrected chi connectivity index (χ3v) is 4.50. The fraction of sp³-hybridized carbons (Fsp3) is 0.750. The first-order chi connectivity index (χ1) is 10.2. The van der Waals surface area contributed by atoms with Crippen LogP contribution in [0, 0.1) is 6.92 Å². The molecule has 0 amide bonds. The molecule has 5 heteroatoms. The standard InChI is InChI=1S/C16H29N5/c1-5-17-11-14-12-18-16(19-13(14)3)20(4)15-7-9-21(6-2)10-8-15/h12,15,17H,5-11H2,1-4H3. The first kappa shape index (κ1) is 16.2. The Morgan fingerprint density at radius 2 is 2.05 bits per heavy atom. The summed E-state index contributed by atoms with van der Waals surface area (Å²) in [6.45, 7) is 11.8. The van der Waals surface area contributed by atoms with E-state index in [9.17, 15) is 0 Å². The summed E-state index contributed by atoms with van der Waals surface area (Å²) < 4.78 is 0. The largest absolute Gasteiger partial charge is 0.341 e. The Balaban J connectivity index is 1.99. The molecule has 0 aliphatic carbocycles. The monoisotopic (exact) mass is 291 g/mol. The fourth-order valence-corrected chi connectivity index (χ4v) is 2.87. The van der Waals surface area contributed by atoms with Crippen LogP contribution >= 0.6 is 0 Å². The summed E-state index contributed by atoms with van der Waals surface area (Å²) in [7, 11) is 2.13. The molecule has 1 N–H and O–H groups in total. The zero-order chi connectivity index (χ0) is 15.2. The number of nitrogens with zero attached hydrogens (tertiary/aromatic N) is 4. The second-order valence-corrected chi connectivity index (χ2v) is 5.84. The fourth-order valence-electron chi connectivity index (χ4n) is 2.87. The molecule has 1 aromatic heterocycles. The van der Waals surface area contributed by atoms with Crippen LogP contribution in [0.5, 0.6) is 0 Å². The lowest BCUT2D eigenvalue weighted by Gasteiger charge is -2.36. The van der Waals surface area contributed by atoms with E-state index in [-0.39, 0.29) is 0 Å². The summed E-state index contributed by atoms with van der Waals surface area (Å²) >= 11 is 0. The van der Waals surface area contributed by atoms with Gasteiger partial charge in [-0.2, -0.15) is 0 Å². The summed E-state index contributed by atoms with van der Waals surface area (Å²) in [5, 5.41) is 3.33. The van der Waals surface area contributed by atoms with Crippen molar-refractivity contribution in [2.75, 3.05) is 38.1 Å². The maximum Gasteiger partial charge on any atom is 0.225 e. The van der Waals surface area contributed by atoms with Crippen LogP contribution in [0.4, 0.5) is 5.95 Å². The summed E-state index contributed by atoms with van der Waals surface area (Å²) in [5.74, 6) is 0.864. The van der Waals surface area contributed by atoms with Gasteiger partial charge >= 0.3 is 0 Å². The highest BCUT2D eigenvalue weighted by molar-refractivity contribution is 5.33. The summed E-state index contributed by atoms with van der Waals surface area (Å²) in [6, 6.07) is 0.562. The van der Waals surface area contributed by atoms with E-state index in [1.807, 2.05) is 6.20 Å². The van der Waals surface area contributed by atoms with Gasteiger partial charge in [0.15, 0.2) is 0 Å². The molecule has 0 spiro atoms. The third kappa shape index (κ3) is 4.14. The molecule has 1 aromatic rings. The van der Waals surface area contributed by atoms with Crippen LogP contribution in [0.2, 0.25) is 0 Å². The number of nitrogens with one attached hydrogen (secondary N) is 1. The Hall–Kier alpha value is -1.20. The van der Waals surface area contributed by atoms with E-state index >= 15 is 0 Å². The van der Waals surface area contributed by atoms with Crippen LogP contribution in [0.3, 0.4) is 0 Å². The molecule has 1 aliphatic rings. The molecule has 2 rings (SSSR count). The molecule has 21 heavy (non-hydrogen) atoms. The minimum Gasteiger partial charge on any atom is -0.341 e. The number of piperidine rings is 1. The molecule has 5 nitrogen and oxygen atoms in total. The molecule has 1 aliphatic heterocycles. The zero-order valence-corrected chi connectivity index (χ0v) is 13.9. The molecule has 0 saturated carbocycles. The molecule has 0 bridgehead atoms. The van der Waals surface area contributed by atoms with Crippen molar-refractivity contribution in [3.8, 4) is 0 Å². The summed E-state index contributed by atoms with van der Waals surface area (Å²) in [6.07, 6.45) is 4.37. The van der Waals surface area contributed by atoms with Gasteiger partial charge in [0, 0.05) is 50.2 Å². The number of rotatable bonds is 6. The Kier molecular flexibility index (Phi) is 5.94. The quantitative estimate of drug-likeness (QED) is 0.866. The Bertz CT molecular complexity index is 440. The average Bonchev–Trinajstić information content (AvgIpc) is 2.53. The van der Waals surface area contributed by atoms with Crippen molar-refractivity contribution in [3.05, 3.63) is 17.5 Å². The van der Waals surface area contributed by atoms with Gasteiger partial charge in [-0.25, -0.2) is 9.97 Å².